The van der Waals surface area contributed by atoms with Crippen LogP contribution in [0.1, 0.15) is 47.5 Å². The molecule has 164 valence electrons. The van der Waals surface area contributed by atoms with Crippen molar-refractivity contribution < 1.29 is 9.59 Å². The Bertz CT molecular complexity index is 966. The molecule has 1 saturated heterocycles. The number of carbonyl (C=O) groups is 2. The number of anilines is 3. The summed E-state index contributed by atoms with van der Waals surface area (Å²) in [7, 11) is 3.56. The van der Waals surface area contributed by atoms with Crippen LogP contribution >= 0.6 is 0 Å². The molecule has 0 unspecified atom stereocenters. The van der Waals surface area contributed by atoms with Crippen molar-refractivity contribution in [3.63, 3.8) is 0 Å². The van der Waals surface area contributed by atoms with Gasteiger partial charge in [0.25, 0.3) is 5.91 Å². The molecule has 1 aromatic carbocycles. The number of piperidine rings is 1. The Labute approximate surface area is 182 Å². The maximum atomic E-state index is 12.2. The summed E-state index contributed by atoms with van der Waals surface area (Å²) in [5.41, 5.74) is 7.88. The molecule has 9 heteroatoms. The number of para-hydroxylation sites is 1. The number of nitrogens with zero attached hydrogens (tertiary/aromatic N) is 4. The van der Waals surface area contributed by atoms with Crippen LogP contribution in [-0.2, 0) is 0 Å². The molecule has 2 aliphatic rings. The summed E-state index contributed by atoms with van der Waals surface area (Å²) in [5.74, 6) is 0.680. The first-order valence-corrected chi connectivity index (χ1v) is 10.7. The average molecular weight is 424 g/mol. The highest BCUT2D eigenvalue weighted by molar-refractivity contribution is 5.97. The van der Waals surface area contributed by atoms with Crippen molar-refractivity contribution in [2.45, 2.75) is 37.6 Å². The predicted molar refractivity (Wildman–Crippen MR) is 120 cm³/mol. The second-order valence-electron chi connectivity index (χ2n) is 8.39. The topological polar surface area (TPSA) is 116 Å². The first-order chi connectivity index (χ1) is 14.9. The summed E-state index contributed by atoms with van der Waals surface area (Å²) in [5, 5.41) is 6.58. The normalized spacial score (nSPS) is 16.6. The Morgan fingerprint density at radius 1 is 1.13 bits per heavy atom. The maximum absolute atomic E-state index is 12.2. The van der Waals surface area contributed by atoms with Crippen LogP contribution in [0.3, 0.4) is 0 Å². The zero-order valence-corrected chi connectivity index (χ0v) is 18.0. The van der Waals surface area contributed by atoms with E-state index in [2.05, 4.69) is 26.7 Å². The molecule has 2 fully saturated rings. The third kappa shape index (κ3) is 4.87. The fourth-order valence-corrected chi connectivity index (χ4v) is 3.91. The molecule has 4 N–H and O–H groups in total. The molecule has 1 aliphatic heterocycles. The highest BCUT2D eigenvalue weighted by Crippen LogP contribution is 2.34. The number of nitrogens with two attached hydrogens (primary N) is 1. The monoisotopic (exact) mass is 423 g/mol. The zero-order valence-electron chi connectivity index (χ0n) is 18.0. The van der Waals surface area contributed by atoms with Gasteiger partial charge in [0.2, 0.25) is 5.95 Å². The number of urea groups is 1. The Morgan fingerprint density at radius 2 is 1.84 bits per heavy atom. The van der Waals surface area contributed by atoms with Crippen LogP contribution in [0.25, 0.3) is 0 Å². The number of benzene rings is 1. The van der Waals surface area contributed by atoms with Gasteiger partial charge in [0.15, 0.2) is 0 Å². The number of amides is 3. The van der Waals surface area contributed by atoms with Crippen LogP contribution in [-0.4, -0.2) is 64.9 Å². The van der Waals surface area contributed by atoms with Crippen molar-refractivity contribution in [2.75, 3.05) is 37.8 Å². The highest BCUT2D eigenvalue weighted by atomic mass is 16.2. The van der Waals surface area contributed by atoms with E-state index in [4.69, 9.17) is 5.73 Å². The Balaban J connectivity index is 1.50. The van der Waals surface area contributed by atoms with Crippen molar-refractivity contribution >= 4 is 29.4 Å². The number of likely N-dealkylation sites (tertiary alicyclic amines) is 1. The van der Waals surface area contributed by atoms with Crippen LogP contribution in [0.5, 0.6) is 0 Å². The van der Waals surface area contributed by atoms with Gasteiger partial charge < -0.3 is 26.2 Å². The van der Waals surface area contributed by atoms with Crippen molar-refractivity contribution in [1.29, 1.82) is 0 Å². The van der Waals surface area contributed by atoms with Gasteiger partial charge >= 0.3 is 6.03 Å². The van der Waals surface area contributed by atoms with Crippen LogP contribution in [0.15, 0.2) is 30.5 Å². The number of rotatable bonds is 6. The van der Waals surface area contributed by atoms with E-state index in [0.717, 1.165) is 44.5 Å². The van der Waals surface area contributed by atoms with E-state index in [-0.39, 0.29) is 6.03 Å². The minimum absolute atomic E-state index is 0.0588. The second-order valence-corrected chi connectivity index (χ2v) is 8.39. The van der Waals surface area contributed by atoms with E-state index in [1.807, 2.05) is 23.1 Å². The van der Waals surface area contributed by atoms with E-state index < -0.39 is 5.91 Å². The third-order valence-corrected chi connectivity index (χ3v) is 5.77. The van der Waals surface area contributed by atoms with Crippen molar-refractivity contribution in [1.82, 2.24) is 19.8 Å². The van der Waals surface area contributed by atoms with E-state index >= 15 is 0 Å². The van der Waals surface area contributed by atoms with E-state index in [0.29, 0.717) is 29.3 Å². The van der Waals surface area contributed by atoms with Crippen molar-refractivity contribution in [3.05, 3.63) is 41.6 Å². The fraction of sp³-hybridized carbons (Fsp3) is 0.455. The largest absolute Gasteiger partial charge is 0.367 e. The first-order valence-electron chi connectivity index (χ1n) is 10.7. The van der Waals surface area contributed by atoms with Crippen LogP contribution < -0.4 is 16.4 Å². The average Bonchev–Trinajstić information content (AvgIpc) is 3.58. The zero-order chi connectivity index (χ0) is 22.0. The quantitative estimate of drug-likeness (QED) is 0.658. The number of nitrogens with one attached hydrogen (secondary N) is 2. The van der Waals surface area contributed by atoms with E-state index in [1.165, 1.54) is 11.8 Å². The molecular formula is C22H29N7O2. The molecule has 4 rings (SSSR count). The lowest BCUT2D eigenvalue weighted by molar-refractivity contribution is 0.100. The fourth-order valence-electron chi connectivity index (χ4n) is 3.91. The number of primary amides is 1. The second kappa shape index (κ2) is 8.79. The van der Waals surface area contributed by atoms with Crippen molar-refractivity contribution in [2.24, 2.45) is 5.73 Å². The number of aromatic nitrogens is 2. The molecule has 2 aromatic rings. The van der Waals surface area contributed by atoms with Gasteiger partial charge in [-0.3, -0.25) is 4.79 Å². The van der Waals surface area contributed by atoms with Gasteiger partial charge in [-0.2, -0.15) is 4.98 Å². The van der Waals surface area contributed by atoms with Crippen LogP contribution in [0.4, 0.5) is 22.2 Å². The predicted octanol–water partition coefficient (Wildman–Crippen LogP) is 2.75. The molecule has 0 bridgehead atoms. The minimum atomic E-state index is -0.547. The smallest absolute Gasteiger partial charge is 0.319 e. The van der Waals surface area contributed by atoms with Gasteiger partial charge in [-0.05, 0) is 43.2 Å². The summed E-state index contributed by atoms with van der Waals surface area (Å²) in [4.78, 5) is 36.3. The highest BCUT2D eigenvalue weighted by Gasteiger charge is 2.27. The number of carbonyl (C=O) groups excluding carboxylic acids is 2. The summed E-state index contributed by atoms with van der Waals surface area (Å²) in [6.45, 7) is 1.46. The van der Waals surface area contributed by atoms with Gasteiger partial charge in [-0.15, -0.1) is 0 Å². The van der Waals surface area contributed by atoms with Crippen LogP contribution in [0.2, 0.25) is 0 Å². The maximum Gasteiger partial charge on any atom is 0.319 e. The number of hydrogen-bond donors (Lipinski definition) is 3. The van der Waals surface area contributed by atoms with Crippen LogP contribution in [0, 0.1) is 0 Å². The summed E-state index contributed by atoms with van der Waals surface area (Å²) in [6.07, 6.45) is 5.38. The van der Waals surface area contributed by atoms with Gasteiger partial charge in [0, 0.05) is 45.1 Å². The molecule has 3 amide bonds. The Kier molecular flexibility index (Phi) is 5.92. The molecular weight excluding hydrogens is 394 g/mol. The molecule has 31 heavy (non-hydrogen) atoms. The third-order valence-electron chi connectivity index (χ3n) is 5.77. The molecule has 1 aromatic heterocycles. The molecule has 0 radical (unpaired) electrons. The van der Waals surface area contributed by atoms with E-state index in [9.17, 15) is 9.59 Å². The summed E-state index contributed by atoms with van der Waals surface area (Å²) in [6, 6.07) is 8.50. The SMILES string of the molecule is CN(C)C(=O)N1CCC(c2ccccc2Nc2ncc(C(N)=O)c(NC3CC3)n2)CC1. The Morgan fingerprint density at radius 3 is 2.48 bits per heavy atom. The summed E-state index contributed by atoms with van der Waals surface area (Å²) < 4.78 is 0. The standard InChI is InChI=1S/C22H29N7O2/c1-28(2)22(31)29-11-9-14(10-12-29)16-5-3-4-6-18(16)26-21-24-13-17(19(23)30)20(27-21)25-15-7-8-15/h3-6,13-15H,7-12H2,1-2H3,(H2,23,30)(H2,24,25,26,27). The lowest BCUT2D eigenvalue weighted by Gasteiger charge is -2.34. The molecule has 0 atom stereocenters. The number of hydrogen-bond acceptors (Lipinski definition) is 6. The molecule has 9 nitrogen and oxygen atoms in total. The lowest BCUT2D eigenvalue weighted by Crippen LogP contribution is -2.43. The Hall–Kier alpha value is -3.36. The molecule has 0 spiro atoms. The first kappa shape index (κ1) is 20.9. The van der Waals surface area contributed by atoms with Gasteiger partial charge in [0.05, 0.1) is 5.56 Å². The molecule has 1 saturated carbocycles. The van der Waals surface area contributed by atoms with Gasteiger partial charge in [-0.1, -0.05) is 18.2 Å². The minimum Gasteiger partial charge on any atom is -0.367 e. The van der Waals surface area contributed by atoms with Crippen molar-refractivity contribution in [3.8, 4) is 0 Å². The van der Waals surface area contributed by atoms with Gasteiger partial charge in [0.1, 0.15) is 5.82 Å². The van der Waals surface area contributed by atoms with Gasteiger partial charge in [-0.25, -0.2) is 9.78 Å². The van der Waals surface area contributed by atoms with E-state index in [1.54, 1.807) is 19.0 Å². The summed E-state index contributed by atoms with van der Waals surface area (Å²) >= 11 is 0. The molecule has 1 aliphatic carbocycles. The molecule has 2 heterocycles. The lowest BCUT2D eigenvalue weighted by atomic mass is 9.88.